The molecule has 1 atom stereocenters. The van der Waals surface area contributed by atoms with Crippen LogP contribution in [0, 0.1) is 5.92 Å². The first kappa shape index (κ1) is 17.3. The molecule has 1 saturated carbocycles. The number of urea groups is 1. The molecule has 0 spiro atoms. The van der Waals surface area contributed by atoms with E-state index in [9.17, 15) is 4.79 Å². The molecule has 2 aromatic carbocycles. The first-order chi connectivity index (χ1) is 12.3. The quantitative estimate of drug-likeness (QED) is 0.819. The Morgan fingerprint density at radius 1 is 1.08 bits per heavy atom. The van der Waals surface area contributed by atoms with E-state index in [1.165, 1.54) is 31.2 Å². The lowest BCUT2D eigenvalue weighted by Crippen LogP contribution is -2.40. The Balaban J connectivity index is 1.64. The van der Waals surface area contributed by atoms with Gasteiger partial charge in [-0.2, -0.15) is 0 Å². The first-order valence-corrected chi connectivity index (χ1v) is 8.99. The van der Waals surface area contributed by atoms with E-state index in [4.69, 9.17) is 4.74 Å². The minimum atomic E-state index is -0.133. The standard InChI is InChI=1S/C21H26N2O2/c1-25-19-14-8-7-13-18(19)15-22-21(24)23-20(17-11-5-6-12-17)16-9-3-2-4-10-16/h2-4,7-10,13-14,17,20H,5-6,11-12,15H2,1H3,(H2,22,23,24). The van der Waals surface area contributed by atoms with Gasteiger partial charge in [-0.3, -0.25) is 0 Å². The van der Waals surface area contributed by atoms with Crippen molar-refractivity contribution in [1.29, 1.82) is 0 Å². The highest BCUT2D eigenvalue weighted by molar-refractivity contribution is 5.74. The summed E-state index contributed by atoms with van der Waals surface area (Å²) in [5, 5.41) is 6.16. The van der Waals surface area contributed by atoms with Gasteiger partial charge >= 0.3 is 6.03 Å². The zero-order chi connectivity index (χ0) is 17.5. The molecular weight excluding hydrogens is 312 g/mol. The lowest BCUT2D eigenvalue weighted by molar-refractivity contribution is 0.230. The molecule has 0 aromatic heterocycles. The first-order valence-electron chi connectivity index (χ1n) is 8.99. The number of nitrogens with one attached hydrogen (secondary N) is 2. The van der Waals surface area contributed by atoms with Gasteiger partial charge in [0, 0.05) is 12.1 Å². The normalized spacial score (nSPS) is 15.6. The molecule has 2 amide bonds. The number of amides is 2. The van der Waals surface area contributed by atoms with Crippen LogP contribution in [0.3, 0.4) is 0 Å². The number of hydrogen-bond acceptors (Lipinski definition) is 2. The number of ether oxygens (including phenoxy) is 1. The summed E-state index contributed by atoms with van der Waals surface area (Å²) in [4.78, 5) is 12.5. The largest absolute Gasteiger partial charge is 0.496 e. The SMILES string of the molecule is COc1ccccc1CNC(=O)NC(c1ccccc1)C1CCCC1. The van der Waals surface area contributed by atoms with E-state index >= 15 is 0 Å². The van der Waals surface area contributed by atoms with E-state index in [1.54, 1.807) is 7.11 Å². The Kier molecular flexibility index (Phi) is 5.94. The van der Waals surface area contributed by atoms with Crippen LogP contribution in [0.25, 0.3) is 0 Å². The lowest BCUT2D eigenvalue weighted by atomic mass is 9.92. The maximum atomic E-state index is 12.5. The number of carbonyl (C=O) groups excluding carboxylic acids is 1. The second kappa shape index (κ2) is 8.56. The van der Waals surface area contributed by atoms with Gasteiger partial charge in [-0.15, -0.1) is 0 Å². The third-order valence-corrected chi connectivity index (χ3v) is 4.95. The predicted octanol–water partition coefficient (Wildman–Crippen LogP) is 4.43. The van der Waals surface area contributed by atoms with Crippen LogP contribution < -0.4 is 15.4 Å². The molecule has 0 heterocycles. The van der Waals surface area contributed by atoms with Crippen LogP contribution in [0.2, 0.25) is 0 Å². The van der Waals surface area contributed by atoms with Gasteiger partial charge in [0.25, 0.3) is 0 Å². The Morgan fingerprint density at radius 3 is 2.48 bits per heavy atom. The molecule has 0 saturated heterocycles. The lowest BCUT2D eigenvalue weighted by Gasteiger charge is -2.25. The number of rotatable bonds is 6. The molecule has 25 heavy (non-hydrogen) atoms. The van der Waals surface area contributed by atoms with E-state index in [2.05, 4.69) is 22.8 Å². The summed E-state index contributed by atoms with van der Waals surface area (Å²) in [5.74, 6) is 1.30. The van der Waals surface area contributed by atoms with Crippen molar-refractivity contribution in [3.05, 3.63) is 65.7 Å². The summed E-state index contributed by atoms with van der Waals surface area (Å²) in [5.41, 5.74) is 2.15. The van der Waals surface area contributed by atoms with Crippen LogP contribution in [0.5, 0.6) is 5.75 Å². The smallest absolute Gasteiger partial charge is 0.315 e. The van der Waals surface area contributed by atoms with Gasteiger partial charge in [-0.05, 0) is 30.4 Å². The maximum Gasteiger partial charge on any atom is 0.315 e. The van der Waals surface area contributed by atoms with Crippen molar-refractivity contribution in [1.82, 2.24) is 10.6 Å². The zero-order valence-electron chi connectivity index (χ0n) is 14.7. The number of methoxy groups -OCH3 is 1. The highest BCUT2D eigenvalue weighted by atomic mass is 16.5. The van der Waals surface area contributed by atoms with Crippen LogP contribution in [0.4, 0.5) is 4.79 Å². The molecule has 1 unspecified atom stereocenters. The van der Waals surface area contributed by atoms with E-state index in [0.29, 0.717) is 12.5 Å². The van der Waals surface area contributed by atoms with Crippen LogP contribution >= 0.6 is 0 Å². The number of hydrogen-bond donors (Lipinski definition) is 2. The van der Waals surface area contributed by atoms with Crippen LogP contribution in [0.15, 0.2) is 54.6 Å². The van der Waals surface area contributed by atoms with Gasteiger partial charge in [0.05, 0.1) is 13.2 Å². The van der Waals surface area contributed by atoms with Crippen LogP contribution in [0.1, 0.15) is 42.9 Å². The fourth-order valence-electron chi connectivity index (χ4n) is 3.64. The van der Waals surface area contributed by atoms with E-state index in [-0.39, 0.29) is 12.1 Å². The molecule has 2 aromatic rings. The summed E-state index contributed by atoms with van der Waals surface area (Å²) in [6.07, 6.45) is 4.84. The van der Waals surface area contributed by atoms with Crippen molar-refractivity contribution in [3.8, 4) is 5.75 Å². The Labute approximate surface area is 149 Å². The Bertz CT molecular complexity index is 681. The molecule has 1 fully saturated rings. The molecule has 0 radical (unpaired) electrons. The summed E-state index contributed by atoms with van der Waals surface area (Å²) in [7, 11) is 1.64. The van der Waals surface area contributed by atoms with Crippen molar-refractivity contribution in [2.45, 2.75) is 38.3 Å². The van der Waals surface area contributed by atoms with E-state index in [1.807, 2.05) is 42.5 Å². The number of carbonyl (C=O) groups is 1. The highest BCUT2D eigenvalue weighted by Gasteiger charge is 2.27. The van der Waals surface area contributed by atoms with Crippen LogP contribution in [-0.2, 0) is 6.54 Å². The molecule has 0 bridgehead atoms. The third kappa shape index (κ3) is 4.53. The van der Waals surface area contributed by atoms with E-state index in [0.717, 1.165) is 11.3 Å². The summed E-state index contributed by atoms with van der Waals surface area (Å²) >= 11 is 0. The summed E-state index contributed by atoms with van der Waals surface area (Å²) in [6.45, 7) is 0.446. The third-order valence-electron chi connectivity index (χ3n) is 4.95. The van der Waals surface area contributed by atoms with Crippen molar-refractivity contribution in [2.75, 3.05) is 7.11 Å². The highest BCUT2D eigenvalue weighted by Crippen LogP contribution is 2.35. The van der Waals surface area contributed by atoms with Crippen molar-refractivity contribution in [3.63, 3.8) is 0 Å². The summed E-state index contributed by atoms with van der Waals surface area (Å²) < 4.78 is 5.34. The minimum absolute atomic E-state index is 0.0707. The molecule has 4 nitrogen and oxygen atoms in total. The van der Waals surface area contributed by atoms with Gasteiger partial charge in [0.1, 0.15) is 5.75 Å². The Hall–Kier alpha value is -2.49. The van der Waals surface area contributed by atoms with Gasteiger partial charge in [-0.1, -0.05) is 61.4 Å². The average Bonchev–Trinajstić information content (AvgIpc) is 3.20. The molecule has 2 N–H and O–H groups in total. The van der Waals surface area contributed by atoms with Gasteiger partial charge in [-0.25, -0.2) is 4.79 Å². The number of para-hydroxylation sites is 1. The monoisotopic (exact) mass is 338 g/mol. The van der Waals surface area contributed by atoms with Crippen molar-refractivity contribution >= 4 is 6.03 Å². The van der Waals surface area contributed by atoms with Gasteiger partial charge in [0.15, 0.2) is 0 Å². The van der Waals surface area contributed by atoms with Gasteiger partial charge in [0.2, 0.25) is 0 Å². The molecule has 4 heteroatoms. The van der Waals surface area contributed by atoms with E-state index < -0.39 is 0 Å². The summed E-state index contributed by atoms with van der Waals surface area (Å²) in [6, 6.07) is 18.0. The molecule has 0 aliphatic heterocycles. The van der Waals surface area contributed by atoms with Crippen molar-refractivity contribution < 1.29 is 9.53 Å². The topological polar surface area (TPSA) is 50.4 Å². The second-order valence-corrected chi connectivity index (χ2v) is 6.57. The van der Waals surface area contributed by atoms with Crippen molar-refractivity contribution in [2.24, 2.45) is 5.92 Å². The predicted molar refractivity (Wildman–Crippen MR) is 99.5 cm³/mol. The molecule has 3 rings (SSSR count). The van der Waals surface area contributed by atoms with Crippen LogP contribution in [-0.4, -0.2) is 13.1 Å². The molecule has 132 valence electrons. The number of benzene rings is 2. The zero-order valence-corrected chi connectivity index (χ0v) is 14.7. The fraction of sp³-hybridized carbons (Fsp3) is 0.381. The molecular formula is C21H26N2O2. The average molecular weight is 338 g/mol. The van der Waals surface area contributed by atoms with Gasteiger partial charge < -0.3 is 15.4 Å². The fourth-order valence-corrected chi connectivity index (χ4v) is 3.64. The minimum Gasteiger partial charge on any atom is -0.496 e. The Morgan fingerprint density at radius 2 is 1.76 bits per heavy atom. The maximum absolute atomic E-state index is 12.5. The molecule has 1 aliphatic rings. The second-order valence-electron chi connectivity index (χ2n) is 6.57. The molecule has 1 aliphatic carbocycles.